The third-order valence-corrected chi connectivity index (χ3v) is 3.44. The van der Waals surface area contributed by atoms with E-state index in [1.54, 1.807) is 30.3 Å². The van der Waals surface area contributed by atoms with Crippen molar-refractivity contribution in [3.05, 3.63) is 54.1 Å². The van der Waals surface area contributed by atoms with Gasteiger partial charge in [-0.2, -0.15) is 0 Å². The fourth-order valence-corrected chi connectivity index (χ4v) is 2.26. The van der Waals surface area contributed by atoms with Crippen molar-refractivity contribution in [1.82, 2.24) is 5.32 Å². The molecule has 0 bridgehead atoms. The van der Waals surface area contributed by atoms with Crippen LogP contribution < -0.4 is 26.4 Å². The first kappa shape index (κ1) is 21.9. The summed E-state index contributed by atoms with van der Waals surface area (Å²) in [4.78, 5) is 15.8. The first-order valence-electron chi connectivity index (χ1n) is 8.70. The second kappa shape index (κ2) is 9.67. The van der Waals surface area contributed by atoms with Gasteiger partial charge in [-0.25, -0.2) is 9.79 Å². The summed E-state index contributed by atoms with van der Waals surface area (Å²) in [6.45, 7) is 3.90. The molecule has 0 spiro atoms. The topological polar surface area (TPSA) is 101 Å². The Morgan fingerprint density at radius 1 is 1.10 bits per heavy atom. The standard InChI is InChI=1S/C19H22F3N5O2/c1-12(2)25-18(28)26-14-9-7-13(8-10-14)11-24-17(23)27-15-5-3-4-6-16(15)29-19(20,21)22/h3-10,12H,11H2,1-2H3,(H3,23,24,27)(H2,25,26,28). The number of halogens is 3. The van der Waals surface area contributed by atoms with Gasteiger partial charge in [0, 0.05) is 11.7 Å². The van der Waals surface area contributed by atoms with Gasteiger partial charge in [0.2, 0.25) is 0 Å². The summed E-state index contributed by atoms with van der Waals surface area (Å²) in [6, 6.07) is 12.2. The fourth-order valence-electron chi connectivity index (χ4n) is 2.26. The number of amides is 2. The summed E-state index contributed by atoms with van der Waals surface area (Å²) in [5.74, 6) is -0.477. The molecule has 2 aromatic rings. The lowest BCUT2D eigenvalue weighted by Gasteiger charge is -2.14. The van der Waals surface area contributed by atoms with E-state index in [0.717, 1.165) is 5.56 Å². The van der Waals surface area contributed by atoms with Gasteiger partial charge in [-0.3, -0.25) is 0 Å². The van der Waals surface area contributed by atoms with Crippen LogP contribution in [0.2, 0.25) is 0 Å². The van der Waals surface area contributed by atoms with Gasteiger partial charge >= 0.3 is 12.4 Å². The molecule has 2 aromatic carbocycles. The molecule has 10 heteroatoms. The molecule has 156 valence electrons. The molecule has 0 aliphatic heterocycles. The van der Waals surface area contributed by atoms with Crippen LogP contribution in [0.4, 0.5) is 29.3 Å². The third-order valence-electron chi connectivity index (χ3n) is 3.44. The van der Waals surface area contributed by atoms with E-state index in [9.17, 15) is 18.0 Å². The molecule has 0 fully saturated rings. The summed E-state index contributed by atoms with van der Waals surface area (Å²) < 4.78 is 41.3. The Morgan fingerprint density at radius 3 is 2.38 bits per heavy atom. The molecule has 0 aliphatic rings. The van der Waals surface area contributed by atoms with E-state index in [-0.39, 0.29) is 30.3 Å². The number of hydrogen-bond donors (Lipinski definition) is 4. The Morgan fingerprint density at radius 2 is 1.76 bits per heavy atom. The number of urea groups is 1. The van der Waals surface area contributed by atoms with Gasteiger partial charge in [0.15, 0.2) is 11.7 Å². The number of carbonyl (C=O) groups is 1. The maximum Gasteiger partial charge on any atom is 0.573 e. The van der Waals surface area contributed by atoms with Gasteiger partial charge in [0.05, 0.1) is 12.2 Å². The minimum absolute atomic E-state index is 0.0192. The van der Waals surface area contributed by atoms with Crippen molar-refractivity contribution < 1.29 is 22.7 Å². The molecular weight excluding hydrogens is 387 g/mol. The van der Waals surface area contributed by atoms with Crippen LogP contribution in [-0.2, 0) is 6.54 Å². The smallest absolute Gasteiger partial charge is 0.404 e. The van der Waals surface area contributed by atoms with Crippen LogP contribution in [0.5, 0.6) is 5.75 Å². The molecule has 2 rings (SSSR count). The third kappa shape index (κ3) is 7.99. The highest BCUT2D eigenvalue weighted by Crippen LogP contribution is 2.29. The Labute approximate surface area is 166 Å². The molecule has 0 saturated carbocycles. The maximum atomic E-state index is 12.5. The largest absolute Gasteiger partial charge is 0.573 e. The number of rotatable bonds is 6. The highest BCUT2D eigenvalue weighted by atomic mass is 19.4. The molecule has 0 aliphatic carbocycles. The first-order valence-corrected chi connectivity index (χ1v) is 8.70. The van der Waals surface area contributed by atoms with E-state index >= 15 is 0 Å². The van der Waals surface area contributed by atoms with Gasteiger partial charge in [-0.15, -0.1) is 13.2 Å². The number of ether oxygens (including phenoxy) is 1. The molecule has 2 amide bonds. The quantitative estimate of drug-likeness (QED) is 0.427. The van der Waals surface area contributed by atoms with Crippen molar-refractivity contribution >= 4 is 23.4 Å². The predicted molar refractivity (Wildman–Crippen MR) is 106 cm³/mol. The molecule has 7 nitrogen and oxygen atoms in total. The van der Waals surface area contributed by atoms with Crippen molar-refractivity contribution in [2.75, 3.05) is 10.6 Å². The summed E-state index contributed by atoms with van der Waals surface area (Å²) in [7, 11) is 0. The lowest BCUT2D eigenvalue weighted by atomic mass is 10.2. The van der Waals surface area contributed by atoms with E-state index in [4.69, 9.17) is 5.73 Å². The van der Waals surface area contributed by atoms with Crippen LogP contribution in [-0.4, -0.2) is 24.4 Å². The van der Waals surface area contributed by atoms with Crippen molar-refractivity contribution in [2.45, 2.75) is 32.8 Å². The Bertz CT molecular complexity index is 852. The van der Waals surface area contributed by atoms with E-state index in [1.165, 1.54) is 18.2 Å². The number of nitrogens with two attached hydrogens (primary N) is 1. The molecule has 0 atom stereocenters. The zero-order valence-electron chi connectivity index (χ0n) is 15.9. The minimum Gasteiger partial charge on any atom is -0.404 e. The zero-order valence-corrected chi connectivity index (χ0v) is 15.9. The molecule has 29 heavy (non-hydrogen) atoms. The van der Waals surface area contributed by atoms with Crippen molar-refractivity contribution in [3.8, 4) is 5.75 Å². The fraction of sp³-hybridized carbons (Fsp3) is 0.263. The number of alkyl halides is 3. The lowest BCUT2D eigenvalue weighted by molar-refractivity contribution is -0.274. The Kier molecular flexibility index (Phi) is 7.29. The summed E-state index contributed by atoms with van der Waals surface area (Å²) in [6.07, 6.45) is -4.81. The number of para-hydroxylation sites is 2. The Balaban J connectivity index is 1.96. The first-order chi connectivity index (χ1) is 13.6. The number of guanidine groups is 1. The van der Waals surface area contributed by atoms with Crippen LogP contribution in [0.25, 0.3) is 0 Å². The molecule has 0 radical (unpaired) electrons. The number of anilines is 2. The predicted octanol–water partition coefficient (Wildman–Crippen LogP) is 4.04. The number of aliphatic imine (C=N–C) groups is 1. The van der Waals surface area contributed by atoms with E-state index in [1.807, 2.05) is 13.8 Å². The average Bonchev–Trinajstić information content (AvgIpc) is 2.61. The Hall–Kier alpha value is -3.43. The lowest BCUT2D eigenvalue weighted by Crippen LogP contribution is -2.34. The van der Waals surface area contributed by atoms with E-state index in [2.05, 4.69) is 25.7 Å². The molecule has 0 saturated heterocycles. The van der Waals surface area contributed by atoms with Crippen molar-refractivity contribution in [2.24, 2.45) is 10.7 Å². The minimum atomic E-state index is -4.81. The number of nitrogens with one attached hydrogen (secondary N) is 3. The van der Waals surface area contributed by atoms with Gasteiger partial charge in [0.1, 0.15) is 0 Å². The number of nitrogens with zero attached hydrogens (tertiary/aromatic N) is 1. The van der Waals surface area contributed by atoms with Crippen molar-refractivity contribution in [1.29, 1.82) is 0 Å². The number of hydrogen-bond acceptors (Lipinski definition) is 3. The van der Waals surface area contributed by atoms with E-state index in [0.29, 0.717) is 5.69 Å². The molecular formula is C19H22F3N5O2. The van der Waals surface area contributed by atoms with Gasteiger partial charge < -0.3 is 26.4 Å². The molecule has 0 unspecified atom stereocenters. The summed E-state index contributed by atoms with van der Waals surface area (Å²) >= 11 is 0. The van der Waals surface area contributed by atoms with Crippen LogP contribution >= 0.6 is 0 Å². The summed E-state index contributed by atoms with van der Waals surface area (Å²) in [5.41, 5.74) is 7.22. The number of benzene rings is 2. The monoisotopic (exact) mass is 409 g/mol. The van der Waals surface area contributed by atoms with Crippen LogP contribution in [0.15, 0.2) is 53.5 Å². The SMILES string of the molecule is CC(C)NC(=O)Nc1ccc(CN=C(N)Nc2ccccc2OC(F)(F)F)cc1. The van der Waals surface area contributed by atoms with Crippen LogP contribution in [0.3, 0.4) is 0 Å². The molecule has 0 aromatic heterocycles. The van der Waals surface area contributed by atoms with Crippen molar-refractivity contribution in [3.63, 3.8) is 0 Å². The number of carbonyl (C=O) groups excluding carboxylic acids is 1. The second-order valence-electron chi connectivity index (χ2n) is 6.32. The van der Waals surface area contributed by atoms with Crippen LogP contribution in [0.1, 0.15) is 19.4 Å². The summed E-state index contributed by atoms with van der Waals surface area (Å²) in [5, 5.41) is 8.00. The second-order valence-corrected chi connectivity index (χ2v) is 6.32. The van der Waals surface area contributed by atoms with Gasteiger partial charge in [0.25, 0.3) is 0 Å². The average molecular weight is 409 g/mol. The molecule has 5 N–H and O–H groups in total. The zero-order chi connectivity index (χ0) is 21.4. The highest BCUT2D eigenvalue weighted by molar-refractivity contribution is 5.93. The van der Waals surface area contributed by atoms with Gasteiger partial charge in [-0.1, -0.05) is 24.3 Å². The normalized spacial score (nSPS) is 11.9. The highest BCUT2D eigenvalue weighted by Gasteiger charge is 2.32. The van der Waals surface area contributed by atoms with E-state index < -0.39 is 12.1 Å². The maximum absolute atomic E-state index is 12.5. The molecule has 0 heterocycles. The van der Waals surface area contributed by atoms with Crippen LogP contribution in [0, 0.1) is 0 Å². The van der Waals surface area contributed by atoms with Gasteiger partial charge in [-0.05, 0) is 43.7 Å².